The van der Waals surface area contributed by atoms with Crippen LogP contribution < -0.4 is 4.90 Å². The second-order valence-corrected chi connectivity index (χ2v) is 6.81. The lowest BCUT2D eigenvalue weighted by Gasteiger charge is -2.30. The van der Waals surface area contributed by atoms with Crippen molar-refractivity contribution in [1.82, 2.24) is 0 Å². The van der Waals surface area contributed by atoms with Gasteiger partial charge in [-0.15, -0.1) is 0 Å². The van der Waals surface area contributed by atoms with E-state index < -0.39 is 9.84 Å². The maximum Gasteiger partial charge on any atom is 0.153 e. The van der Waals surface area contributed by atoms with Crippen LogP contribution in [-0.2, 0) is 16.4 Å². The summed E-state index contributed by atoms with van der Waals surface area (Å²) in [5.74, 6) is 0.314. The van der Waals surface area contributed by atoms with E-state index in [-0.39, 0.29) is 18.1 Å². The Hall–Kier alpha value is -0.780. The van der Waals surface area contributed by atoms with Gasteiger partial charge in [-0.05, 0) is 12.1 Å². The third kappa shape index (κ3) is 2.91. The number of benzene rings is 1. The van der Waals surface area contributed by atoms with Gasteiger partial charge < -0.3 is 10.0 Å². The second-order valence-electron chi connectivity index (χ2n) is 4.07. The molecule has 0 unspecified atom stereocenters. The van der Waals surface area contributed by atoms with E-state index in [0.717, 1.165) is 11.3 Å². The molecule has 1 aromatic rings. The molecule has 1 aliphatic heterocycles. The van der Waals surface area contributed by atoms with Crippen molar-refractivity contribution >= 4 is 27.1 Å². The van der Waals surface area contributed by atoms with Crippen LogP contribution in [0.4, 0.5) is 5.69 Å². The van der Waals surface area contributed by atoms with Crippen LogP contribution in [0.3, 0.4) is 0 Å². The molecule has 1 N–H and O–H groups in total. The van der Waals surface area contributed by atoms with E-state index in [2.05, 4.69) is 0 Å². The molecule has 0 spiro atoms. The van der Waals surface area contributed by atoms with Crippen LogP contribution in [0.1, 0.15) is 5.56 Å². The molecule has 2 rings (SSSR count). The topological polar surface area (TPSA) is 57.6 Å². The Balaban J connectivity index is 2.26. The quantitative estimate of drug-likeness (QED) is 0.877. The monoisotopic (exact) mass is 275 g/mol. The van der Waals surface area contributed by atoms with E-state index in [1.54, 1.807) is 18.2 Å². The molecule has 6 heteroatoms. The van der Waals surface area contributed by atoms with Crippen molar-refractivity contribution in [3.8, 4) is 0 Å². The molecule has 0 aliphatic carbocycles. The minimum absolute atomic E-state index is 0.0737. The number of sulfone groups is 1. The molecule has 0 atom stereocenters. The Morgan fingerprint density at radius 1 is 1.29 bits per heavy atom. The number of aliphatic hydroxyl groups excluding tert-OH is 1. The number of anilines is 1. The average molecular weight is 276 g/mol. The van der Waals surface area contributed by atoms with Crippen LogP contribution in [0.25, 0.3) is 0 Å². The number of aliphatic hydroxyl groups is 1. The van der Waals surface area contributed by atoms with Crippen LogP contribution >= 0.6 is 11.6 Å². The zero-order valence-corrected chi connectivity index (χ0v) is 10.8. The van der Waals surface area contributed by atoms with Crippen LogP contribution in [0.2, 0.25) is 5.02 Å². The smallest absolute Gasteiger partial charge is 0.153 e. The summed E-state index contributed by atoms with van der Waals surface area (Å²) in [7, 11) is -2.89. The lowest BCUT2D eigenvalue weighted by molar-refractivity contribution is 0.282. The third-order valence-corrected chi connectivity index (χ3v) is 4.75. The number of halogens is 1. The van der Waals surface area contributed by atoms with Crippen molar-refractivity contribution in [1.29, 1.82) is 0 Å². The molecule has 1 fully saturated rings. The first-order valence-corrected chi connectivity index (χ1v) is 7.56. The average Bonchev–Trinajstić information content (AvgIpc) is 2.29. The van der Waals surface area contributed by atoms with Crippen molar-refractivity contribution < 1.29 is 13.5 Å². The van der Waals surface area contributed by atoms with Crippen molar-refractivity contribution in [3.63, 3.8) is 0 Å². The Kier molecular flexibility index (Phi) is 3.61. The van der Waals surface area contributed by atoms with E-state index >= 15 is 0 Å². The van der Waals surface area contributed by atoms with Crippen molar-refractivity contribution in [2.45, 2.75) is 6.61 Å². The number of hydrogen-bond acceptors (Lipinski definition) is 4. The summed E-state index contributed by atoms with van der Waals surface area (Å²) in [4.78, 5) is 1.96. The second kappa shape index (κ2) is 4.84. The van der Waals surface area contributed by atoms with Gasteiger partial charge in [0.25, 0.3) is 0 Å². The maximum absolute atomic E-state index is 11.3. The molecule has 0 saturated carbocycles. The fourth-order valence-electron chi connectivity index (χ4n) is 1.92. The molecule has 1 aliphatic rings. The fourth-order valence-corrected chi connectivity index (χ4v) is 3.29. The molecule has 1 saturated heterocycles. The zero-order chi connectivity index (χ0) is 12.5. The molecule has 4 nitrogen and oxygen atoms in total. The standard InChI is InChI=1S/C11H14ClNO3S/c12-10-2-1-9(8-14)11(7-10)13-3-5-17(15,16)6-4-13/h1-2,7,14H,3-6,8H2. The normalized spacial score (nSPS) is 19.3. The van der Waals surface area contributed by atoms with Gasteiger partial charge in [0, 0.05) is 29.4 Å². The molecule has 0 bridgehead atoms. The van der Waals surface area contributed by atoms with Crippen molar-refractivity contribution in [2.75, 3.05) is 29.5 Å². The summed E-state index contributed by atoms with van der Waals surface area (Å²) in [5.41, 5.74) is 1.60. The first-order chi connectivity index (χ1) is 8.02. The first-order valence-electron chi connectivity index (χ1n) is 5.36. The highest BCUT2D eigenvalue weighted by molar-refractivity contribution is 7.91. The fraction of sp³-hybridized carbons (Fsp3) is 0.455. The molecule has 1 heterocycles. The summed E-state index contributed by atoms with van der Waals surface area (Å²) in [6, 6.07) is 5.25. The van der Waals surface area contributed by atoms with Gasteiger partial charge in [-0.1, -0.05) is 17.7 Å². The lowest BCUT2D eigenvalue weighted by atomic mass is 10.1. The van der Waals surface area contributed by atoms with Gasteiger partial charge in [0.1, 0.15) is 0 Å². The van der Waals surface area contributed by atoms with Crippen LogP contribution in [0.5, 0.6) is 0 Å². The summed E-state index contributed by atoms with van der Waals surface area (Å²) in [5, 5.41) is 9.84. The summed E-state index contributed by atoms with van der Waals surface area (Å²) in [6.45, 7) is 0.834. The van der Waals surface area contributed by atoms with E-state index in [0.29, 0.717) is 18.1 Å². The van der Waals surface area contributed by atoms with Crippen LogP contribution in [-0.4, -0.2) is 38.1 Å². The highest BCUT2D eigenvalue weighted by atomic mass is 35.5. The molecule has 94 valence electrons. The third-order valence-electron chi connectivity index (χ3n) is 2.90. The Bertz CT molecular complexity index is 501. The molecule has 1 aromatic carbocycles. The Morgan fingerprint density at radius 2 is 1.94 bits per heavy atom. The van der Waals surface area contributed by atoms with Crippen LogP contribution in [0.15, 0.2) is 18.2 Å². The van der Waals surface area contributed by atoms with Gasteiger partial charge in [0.2, 0.25) is 0 Å². The number of rotatable bonds is 2. The summed E-state index contributed by atoms with van der Waals surface area (Å²) >= 11 is 5.92. The predicted molar refractivity (Wildman–Crippen MR) is 68.2 cm³/mol. The molecule has 17 heavy (non-hydrogen) atoms. The van der Waals surface area contributed by atoms with Gasteiger partial charge in [-0.2, -0.15) is 0 Å². The SMILES string of the molecule is O=S1(=O)CCN(c2cc(Cl)ccc2CO)CC1. The van der Waals surface area contributed by atoms with Crippen LogP contribution in [0, 0.1) is 0 Å². The van der Waals surface area contributed by atoms with Gasteiger partial charge in [0.15, 0.2) is 9.84 Å². The highest BCUT2D eigenvalue weighted by Gasteiger charge is 2.23. The molecule has 0 aromatic heterocycles. The largest absolute Gasteiger partial charge is 0.392 e. The highest BCUT2D eigenvalue weighted by Crippen LogP contribution is 2.26. The molecular weight excluding hydrogens is 262 g/mol. The molecular formula is C11H14ClNO3S. The van der Waals surface area contributed by atoms with E-state index in [1.807, 2.05) is 4.90 Å². The Labute approximate surface area is 106 Å². The minimum Gasteiger partial charge on any atom is -0.392 e. The molecule has 0 amide bonds. The number of hydrogen-bond donors (Lipinski definition) is 1. The summed E-state index contributed by atoms with van der Waals surface area (Å²) in [6.07, 6.45) is 0. The van der Waals surface area contributed by atoms with E-state index in [9.17, 15) is 13.5 Å². The minimum atomic E-state index is -2.89. The molecule has 0 radical (unpaired) electrons. The number of nitrogens with zero attached hydrogens (tertiary/aromatic N) is 1. The Morgan fingerprint density at radius 3 is 2.53 bits per heavy atom. The van der Waals surface area contributed by atoms with Gasteiger partial charge >= 0.3 is 0 Å². The van der Waals surface area contributed by atoms with Gasteiger partial charge in [0.05, 0.1) is 18.1 Å². The first kappa shape index (κ1) is 12.7. The zero-order valence-electron chi connectivity index (χ0n) is 9.26. The van der Waals surface area contributed by atoms with Gasteiger partial charge in [-0.3, -0.25) is 0 Å². The van der Waals surface area contributed by atoms with Crippen molar-refractivity contribution in [3.05, 3.63) is 28.8 Å². The van der Waals surface area contributed by atoms with E-state index in [4.69, 9.17) is 11.6 Å². The van der Waals surface area contributed by atoms with E-state index in [1.165, 1.54) is 0 Å². The lowest BCUT2D eigenvalue weighted by Crippen LogP contribution is -2.40. The van der Waals surface area contributed by atoms with Gasteiger partial charge in [-0.25, -0.2) is 8.42 Å². The van der Waals surface area contributed by atoms with Crippen molar-refractivity contribution in [2.24, 2.45) is 0 Å². The predicted octanol–water partition coefficient (Wildman–Crippen LogP) is 1.07. The maximum atomic E-state index is 11.3. The summed E-state index contributed by atoms with van der Waals surface area (Å²) < 4.78 is 22.7.